The minimum atomic E-state index is -1.50. The van der Waals surface area contributed by atoms with E-state index in [-0.39, 0.29) is 16.3 Å². The lowest BCUT2D eigenvalue weighted by molar-refractivity contribution is -0.150. The topological polar surface area (TPSA) is 66.8 Å². The predicted octanol–water partition coefficient (Wildman–Crippen LogP) is 2.52. The smallest absolute Gasteiger partial charge is 0.339 e. The number of aliphatic hydroxyl groups excluding tert-OH is 1. The first kappa shape index (κ1) is 14.2. The van der Waals surface area contributed by atoms with Crippen molar-refractivity contribution in [2.24, 2.45) is 0 Å². The van der Waals surface area contributed by atoms with E-state index < -0.39 is 12.1 Å². The summed E-state index contributed by atoms with van der Waals surface area (Å²) in [6, 6.07) is 1.67. The second-order valence-electron chi connectivity index (χ2n) is 4.75. The van der Waals surface area contributed by atoms with Crippen molar-refractivity contribution in [2.75, 3.05) is 7.11 Å². The van der Waals surface area contributed by atoms with Crippen molar-refractivity contribution >= 4 is 17.6 Å². The molecule has 1 unspecified atom stereocenters. The van der Waals surface area contributed by atoms with Crippen LogP contribution in [0.4, 0.5) is 0 Å². The van der Waals surface area contributed by atoms with Crippen LogP contribution in [0.3, 0.4) is 0 Å². The van der Waals surface area contributed by atoms with E-state index in [2.05, 4.69) is 4.74 Å². The van der Waals surface area contributed by atoms with Crippen molar-refractivity contribution in [3.63, 3.8) is 0 Å². The van der Waals surface area contributed by atoms with Gasteiger partial charge in [-0.05, 0) is 42.9 Å². The number of aliphatic hydroxyl groups is 1. The molecule has 0 aliphatic heterocycles. The summed E-state index contributed by atoms with van der Waals surface area (Å²) in [7, 11) is 1.19. The summed E-state index contributed by atoms with van der Waals surface area (Å²) >= 11 is 6.17. The molecule has 0 heterocycles. The maximum Gasteiger partial charge on any atom is 0.339 e. The van der Waals surface area contributed by atoms with Gasteiger partial charge < -0.3 is 14.9 Å². The summed E-state index contributed by atoms with van der Waals surface area (Å²) in [6.45, 7) is 0. The van der Waals surface area contributed by atoms with E-state index in [1.807, 2.05) is 0 Å². The van der Waals surface area contributed by atoms with Crippen LogP contribution in [0.25, 0.3) is 0 Å². The van der Waals surface area contributed by atoms with Gasteiger partial charge >= 0.3 is 5.97 Å². The van der Waals surface area contributed by atoms with Crippen LogP contribution in [-0.2, 0) is 22.4 Å². The first-order chi connectivity index (χ1) is 9.06. The number of ether oxygens (including phenoxy) is 1. The number of halogens is 1. The number of methoxy groups -OCH3 is 1. The molecule has 4 nitrogen and oxygen atoms in total. The Hall–Kier alpha value is -1.26. The molecular weight excluding hydrogens is 268 g/mol. The second-order valence-corrected chi connectivity index (χ2v) is 5.13. The molecule has 0 saturated heterocycles. The van der Waals surface area contributed by atoms with Crippen LogP contribution in [-0.4, -0.2) is 23.3 Å². The van der Waals surface area contributed by atoms with Gasteiger partial charge in [-0.25, -0.2) is 4.79 Å². The Balaban J connectivity index is 2.49. The molecule has 1 aromatic carbocycles. The van der Waals surface area contributed by atoms with Crippen LogP contribution < -0.4 is 0 Å². The van der Waals surface area contributed by atoms with E-state index >= 15 is 0 Å². The van der Waals surface area contributed by atoms with Crippen LogP contribution in [0.1, 0.15) is 42.1 Å². The molecule has 0 fully saturated rings. The fraction of sp³-hybridized carbons (Fsp3) is 0.500. The molecule has 1 aliphatic rings. The third kappa shape index (κ3) is 2.69. The number of phenols is 1. The number of phenolic OH excluding ortho intramolecular Hbond substituents is 1. The number of esters is 1. The van der Waals surface area contributed by atoms with Crippen LogP contribution in [0.5, 0.6) is 5.75 Å². The molecule has 1 aromatic rings. The summed E-state index contributed by atoms with van der Waals surface area (Å²) in [6.07, 6.45) is 3.34. The van der Waals surface area contributed by atoms with E-state index in [1.54, 1.807) is 6.07 Å². The quantitative estimate of drug-likeness (QED) is 0.647. The Labute approximate surface area is 117 Å². The Morgan fingerprint density at radius 3 is 2.74 bits per heavy atom. The van der Waals surface area contributed by atoms with Gasteiger partial charge in [0, 0.05) is 5.56 Å². The van der Waals surface area contributed by atoms with Crippen molar-refractivity contribution in [1.82, 2.24) is 0 Å². The van der Waals surface area contributed by atoms with Crippen molar-refractivity contribution in [2.45, 2.75) is 38.2 Å². The molecule has 19 heavy (non-hydrogen) atoms. The highest BCUT2D eigenvalue weighted by Gasteiger charge is 2.26. The van der Waals surface area contributed by atoms with Crippen LogP contribution in [0, 0.1) is 0 Å². The molecule has 0 amide bonds. The summed E-state index contributed by atoms with van der Waals surface area (Å²) in [4.78, 5) is 11.4. The number of fused-ring (bicyclic) bond motifs is 1. The number of hydrogen-bond donors (Lipinski definition) is 2. The minimum Gasteiger partial charge on any atom is -0.506 e. The van der Waals surface area contributed by atoms with Gasteiger partial charge in [0.2, 0.25) is 0 Å². The van der Waals surface area contributed by atoms with E-state index in [1.165, 1.54) is 7.11 Å². The molecule has 1 atom stereocenters. The zero-order valence-electron chi connectivity index (χ0n) is 10.8. The molecular formula is C14H17ClO4. The molecule has 0 radical (unpaired) electrons. The predicted molar refractivity (Wildman–Crippen MR) is 71.4 cm³/mol. The molecule has 0 aromatic heterocycles. The van der Waals surface area contributed by atoms with Gasteiger partial charge in [0.1, 0.15) is 5.75 Å². The van der Waals surface area contributed by atoms with Crippen LogP contribution in [0.15, 0.2) is 6.07 Å². The highest BCUT2D eigenvalue weighted by atomic mass is 35.5. The summed E-state index contributed by atoms with van der Waals surface area (Å²) in [5, 5.41) is 20.2. The number of carbonyl (C=O) groups is 1. The SMILES string of the molecule is COC(=O)C(O)c1cc2c(c(Cl)c1O)CCCCC2. The van der Waals surface area contributed by atoms with Crippen molar-refractivity contribution in [3.8, 4) is 5.75 Å². The second kappa shape index (κ2) is 5.80. The number of carbonyl (C=O) groups excluding carboxylic acids is 1. The fourth-order valence-electron chi connectivity index (χ4n) is 2.49. The third-order valence-corrected chi connectivity index (χ3v) is 3.96. The van der Waals surface area contributed by atoms with Gasteiger partial charge in [-0.1, -0.05) is 18.0 Å². The number of aryl methyl sites for hydroxylation is 1. The summed E-state index contributed by atoms with van der Waals surface area (Å²) < 4.78 is 4.49. The van der Waals surface area contributed by atoms with Crippen LogP contribution >= 0.6 is 11.6 Å². The Morgan fingerprint density at radius 1 is 1.37 bits per heavy atom. The lowest BCUT2D eigenvalue weighted by Gasteiger charge is -2.16. The average molecular weight is 285 g/mol. The molecule has 5 heteroatoms. The standard InChI is InChI=1S/C14H17ClO4/c1-19-14(18)13(17)10-7-8-5-3-2-4-6-9(8)11(15)12(10)16/h7,13,16-17H,2-6H2,1H3. The van der Waals surface area contributed by atoms with Crippen molar-refractivity contribution in [1.29, 1.82) is 0 Å². The first-order valence-corrected chi connectivity index (χ1v) is 6.73. The zero-order chi connectivity index (χ0) is 14.0. The minimum absolute atomic E-state index is 0.123. The van der Waals surface area contributed by atoms with E-state index in [0.29, 0.717) is 0 Å². The summed E-state index contributed by atoms with van der Waals surface area (Å²) in [5.41, 5.74) is 2.05. The number of rotatable bonds is 2. The van der Waals surface area contributed by atoms with Crippen LogP contribution in [0.2, 0.25) is 5.02 Å². The maximum absolute atomic E-state index is 11.4. The molecule has 104 valence electrons. The van der Waals surface area contributed by atoms with Gasteiger partial charge in [0.15, 0.2) is 6.10 Å². The molecule has 2 N–H and O–H groups in total. The van der Waals surface area contributed by atoms with Crippen molar-refractivity contribution < 1.29 is 19.7 Å². The monoisotopic (exact) mass is 284 g/mol. The average Bonchev–Trinajstić information content (AvgIpc) is 2.66. The zero-order valence-corrected chi connectivity index (χ0v) is 11.5. The molecule has 2 rings (SSSR count). The van der Waals surface area contributed by atoms with Gasteiger partial charge in [-0.15, -0.1) is 0 Å². The molecule has 0 bridgehead atoms. The maximum atomic E-state index is 11.4. The number of benzene rings is 1. The number of hydrogen-bond acceptors (Lipinski definition) is 4. The first-order valence-electron chi connectivity index (χ1n) is 6.35. The number of aromatic hydroxyl groups is 1. The highest BCUT2D eigenvalue weighted by molar-refractivity contribution is 6.33. The third-order valence-electron chi connectivity index (χ3n) is 3.56. The van der Waals surface area contributed by atoms with Gasteiger partial charge in [0.25, 0.3) is 0 Å². The van der Waals surface area contributed by atoms with E-state index in [0.717, 1.165) is 43.2 Å². The van der Waals surface area contributed by atoms with Gasteiger partial charge in [-0.2, -0.15) is 0 Å². The lowest BCUT2D eigenvalue weighted by atomic mass is 9.96. The Morgan fingerprint density at radius 2 is 2.05 bits per heavy atom. The van der Waals surface area contributed by atoms with E-state index in [4.69, 9.17) is 11.6 Å². The molecule has 0 saturated carbocycles. The Kier molecular flexibility index (Phi) is 4.32. The van der Waals surface area contributed by atoms with E-state index in [9.17, 15) is 15.0 Å². The highest BCUT2D eigenvalue weighted by Crippen LogP contribution is 2.39. The largest absolute Gasteiger partial charge is 0.506 e. The normalized spacial score (nSPS) is 16.4. The van der Waals surface area contributed by atoms with Gasteiger partial charge in [0.05, 0.1) is 12.1 Å². The fourth-order valence-corrected chi connectivity index (χ4v) is 2.81. The van der Waals surface area contributed by atoms with Gasteiger partial charge in [-0.3, -0.25) is 0 Å². The summed E-state index contributed by atoms with van der Waals surface area (Å²) in [5.74, 6) is -1.03. The Bertz CT molecular complexity index is 499. The molecule has 0 spiro atoms. The lowest BCUT2D eigenvalue weighted by Crippen LogP contribution is -2.14. The molecule has 1 aliphatic carbocycles. The van der Waals surface area contributed by atoms with Crippen molar-refractivity contribution in [3.05, 3.63) is 27.8 Å².